The van der Waals surface area contributed by atoms with E-state index in [0.717, 1.165) is 36.8 Å². The quantitative estimate of drug-likeness (QED) is 0.536. The van der Waals surface area contributed by atoms with Crippen LogP contribution in [-0.2, 0) is 4.79 Å². The first kappa shape index (κ1) is 25.0. The van der Waals surface area contributed by atoms with Crippen LogP contribution in [0.1, 0.15) is 58.3 Å². The van der Waals surface area contributed by atoms with Crippen LogP contribution in [0.2, 0.25) is 0 Å². The SMILES string of the molecule is CCC(C)NC(=O)NC(=O)CSc1nnc(C(C)N2CCCCC2)n1-c1ccc(OC)cc1. The lowest BCUT2D eigenvalue weighted by molar-refractivity contribution is -0.117. The molecule has 0 aliphatic carbocycles. The number of likely N-dealkylation sites (tertiary alicyclic amines) is 1. The van der Waals surface area contributed by atoms with E-state index in [0.29, 0.717) is 5.16 Å². The molecule has 0 spiro atoms. The van der Waals surface area contributed by atoms with E-state index in [-0.39, 0.29) is 23.7 Å². The number of hydrogen-bond donors (Lipinski definition) is 2. The highest BCUT2D eigenvalue weighted by Crippen LogP contribution is 2.30. The van der Waals surface area contributed by atoms with Gasteiger partial charge in [0.25, 0.3) is 0 Å². The topological polar surface area (TPSA) is 101 Å². The van der Waals surface area contributed by atoms with Gasteiger partial charge in [-0.2, -0.15) is 0 Å². The molecule has 1 aromatic heterocycles. The number of urea groups is 1. The number of hydrogen-bond acceptors (Lipinski definition) is 7. The smallest absolute Gasteiger partial charge is 0.321 e. The van der Waals surface area contributed by atoms with Gasteiger partial charge in [0.05, 0.1) is 18.9 Å². The summed E-state index contributed by atoms with van der Waals surface area (Å²) in [6, 6.07) is 7.31. The fraction of sp³-hybridized carbons (Fsp3) is 0.565. The van der Waals surface area contributed by atoms with Crippen LogP contribution in [0.3, 0.4) is 0 Å². The fourth-order valence-corrected chi connectivity index (χ4v) is 4.50. The van der Waals surface area contributed by atoms with E-state index >= 15 is 0 Å². The first-order valence-corrected chi connectivity index (χ1v) is 12.5. The van der Waals surface area contributed by atoms with Crippen molar-refractivity contribution in [1.29, 1.82) is 0 Å². The van der Waals surface area contributed by atoms with Gasteiger partial charge in [-0.25, -0.2) is 4.79 Å². The molecule has 10 heteroatoms. The molecule has 2 unspecified atom stereocenters. The lowest BCUT2D eigenvalue weighted by Gasteiger charge is -2.31. The molecule has 2 heterocycles. The van der Waals surface area contributed by atoms with Gasteiger partial charge in [-0.05, 0) is 70.5 Å². The summed E-state index contributed by atoms with van der Waals surface area (Å²) in [6.07, 6.45) is 4.41. The average molecular weight is 475 g/mol. The van der Waals surface area contributed by atoms with Gasteiger partial charge in [0.2, 0.25) is 5.91 Å². The summed E-state index contributed by atoms with van der Waals surface area (Å²) in [7, 11) is 1.63. The summed E-state index contributed by atoms with van der Waals surface area (Å²) in [6.45, 7) is 8.08. The third-order valence-corrected chi connectivity index (χ3v) is 6.81. The Morgan fingerprint density at radius 3 is 2.45 bits per heavy atom. The molecule has 2 atom stereocenters. The summed E-state index contributed by atoms with van der Waals surface area (Å²) >= 11 is 1.26. The Balaban J connectivity index is 1.78. The Kier molecular flexibility index (Phi) is 9.13. The Labute approximate surface area is 199 Å². The molecule has 2 N–H and O–H groups in total. The number of rotatable bonds is 9. The molecule has 0 saturated carbocycles. The second-order valence-corrected chi connectivity index (χ2v) is 9.21. The predicted octanol–water partition coefficient (Wildman–Crippen LogP) is 3.54. The fourth-order valence-electron chi connectivity index (χ4n) is 3.74. The van der Waals surface area contributed by atoms with Gasteiger partial charge in [-0.1, -0.05) is 25.1 Å². The van der Waals surface area contributed by atoms with Crippen LogP contribution in [-0.4, -0.2) is 63.6 Å². The van der Waals surface area contributed by atoms with Crippen molar-refractivity contribution in [3.63, 3.8) is 0 Å². The molecule has 3 amide bonds. The number of thioether (sulfide) groups is 1. The van der Waals surface area contributed by atoms with Gasteiger partial charge in [0.15, 0.2) is 11.0 Å². The minimum atomic E-state index is -0.481. The summed E-state index contributed by atoms with van der Waals surface area (Å²) < 4.78 is 7.29. The minimum Gasteiger partial charge on any atom is -0.497 e. The minimum absolute atomic E-state index is 0.00227. The van der Waals surface area contributed by atoms with Crippen LogP contribution >= 0.6 is 11.8 Å². The molecule has 1 aliphatic heterocycles. The molecule has 9 nitrogen and oxygen atoms in total. The van der Waals surface area contributed by atoms with Gasteiger partial charge in [-0.15, -0.1) is 10.2 Å². The van der Waals surface area contributed by atoms with E-state index in [9.17, 15) is 9.59 Å². The number of aromatic nitrogens is 3. The van der Waals surface area contributed by atoms with Gasteiger partial charge in [-0.3, -0.25) is 19.6 Å². The summed E-state index contributed by atoms with van der Waals surface area (Å²) in [4.78, 5) is 26.7. The van der Waals surface area contributed by atoms with E-state index in [1.807, 2.05) is 42.7 Å². The normalized spacial score (nSPS) is 16.1. The lowest BCUT2D eigenvalue weighted by Crippen LogP contribution is -2.43. The zero-order valence-corrected chi connectivity index (χ0v) is 20.7. The Morgan fingerprint density at radius 1 is 1.12 bits per heavy atom. The van der Waals surface area contributed by atoms with Gasteiger partial charge in [0, 0.05) is 11.7 Å². The maximum atomic E-state index is 12.3. The van der Waals surface area contributed by atoms with E-state index in [1.165, 1.54) is 31.0 Å². The summed E-state index contributed by atoms with van der Waals surface area (Å²) in [5.41, 5.74) is 0.900. The number of carbonyl (C=O) groups excluding carboxylic acids is 2. The standard InChI is InChI=1S/C23H34N6O3S/c1-5-16(2)24-22(31)25-20(30)15-33-23-27-26-21(17(3)28-13-7-6-8-14-28)29(23)18-9-11-19(32-4)12-10-18/h9-12,16-17H,5-8,13-15H2,1-4H3,(H2,24,25,30,31). The third-order valence-electron chi connectivity index (χ3n) is 5.88. The molecule has 3 rings (SSSR count). The highest BCUT2D eigenvalue weighted by molar-refractivity contribution is 7.99. The number of nitrogens with one attached hydrogen (secondary N) is 2. The maximum absolute atomic E-state index is 12.3. The zero-order valence-electron chi connectivity index (χ0n) is 19.8. The molecule has 2 aromatic rings. The van der Waals surface area contributed by atoms with Crippen LogP contribution in [0.5, 0.6) is 5.75 Å². The number of ether oxygens (including phenoxy) is 1. The lowest BCUT2D eigenvalue weighted by atomic mass is 10.1. The summed E-state index contributed by atoms with van der Waals surface area (Å²) in [5.74, 6) is 1.27. The monoisotopic (exact) mass is 474 g/mol. The third kappa shape index (κ3) is 6.70. The molecule has 180 valence electrons. The van der Waals surface area contributed by atoms with E-state index in [1.54, 1.807) is 7.11 Å². The Hall–Kier alpha value is -2.59. The zero-order chi connectivity index (χ0) is 23.8. The second kappa shape index (κ2) is 12.0. The van der Waals surface area contributed by atoms with Crippen molar-refractivity contribution in [3.8, 4) is 11.4 Å². The van der Waals surface area contributed by atoms with Crippen molar-refractivity contribution in [3.05, 3.63) is 30.1 Å². The molecule has 1 fully saturated rings. The molecule has 0 radical (unpaired) electrons. The van der Waals surface area contributed by atoms with Crippen LogP contribution in [0.4, 0.5) is 4.79 Å². The molecular formula is C23H34N6O3S. The first-order valence-electron chi connectivity index (χ1n) is 11.5. The number of piperidine rings is 1. The molecular weight excluding hydrogens is 440 g/mol. The van der Waals surface area contributed by atoms with Crippen molar-refractivity contribution in [1.82, 2.24) is 30.3 Å². The van der Waals surface area contributed by atoms with Crippen molar-refractivity contribution in [2.24, 2.45) is 0 Å². The largest absolute Gasteiger partial charge is 0.497 e. The highest BCUT2D eigenvalue weighted by atomic mass is 32.2. The average Bonchev–Trinajstić information content (AvgIpc) is 3.26. The number of imide groups is 1. The predicted molar refractivity (Wildman–Crippen MR) is 129 cm³/mol. The van der Waals surface area contributed by atoms with Crippen molar-refractivity contribution < 1.29 is 14.3 Å². The Bertz CT molecular complexity index is 927. The van der Waals surface area contributed by atoms with Crippen molar-refractivity contribution in [2.75, 3.05) is 26.0 Å². The molecule has 0 bridgehead atoms. The van der Waals surface area contributed by atoms with E-state index in [2.05, 4.69) is 32.7 Å². The number of carbonyl (C=O) groups is 2. The Morgan fingerprint density at radius 2 is 1.82 bits per heavy atom. The van der Waals surface area contributed by atoms with E-state index in [4.69, 9.17) is 4.74 Å². The second-order valence-electron chi connectivity index (χ2n) is 8.27. The summed E-state index contributed by atoms with van der Waals surface area (Å²) in [5, 5.41) is 14.6. The van der Waals surface area contributed by atoms with E-state index < -0.39 is 6.03 Å². The van der Waals surface area contributed by atoms with Crippen LogP contribution in [0, 0.1) is 0 Å². The van der Waals surface area contributed by atoms with Crippen molar-refractivity contribution in [2.45, 2.75) is 63.7 Å². The first-order chi connectivity index (χ1) is 15.9. The van der Waals surface area contributed by atoms with Crippen LogP contribution in [0.15, 0.2) is 29.4 Å². The van der Waals surface area contributed by atoms with Crippen molar-refractivity contribution >= 4 is 23.7 Å². The highest BCUT2D eigenvalue weighted by Gasteiger charge is 2.26. The number of nitrogens with zero attached hydrogens (tertiary/aromatic N) is 4. The molecule has 1 aromatic carbocycles. The maximum Gasteiger partial charge on any atom is 0.321 e. The number of amides is 3. The van der Waals surface area contributed by atoms with Crippen LogP contribution in [0.25, 0.3) is 5.69 Å². The van der Waals surface area contributed by atoms with Gasteiger partial charge in [0.1, 0.15) is 5.75 Å². The molecule has 1 aliphatic rings. The number of benzene rings is 1. The molecule has 33 heavy (non-hydrogen) atoms. The van der Waals surface area contributed by atoms with Gasteiger partial charge < -0.3 is 10.1 Å². The van der Waals surface area contributed by atoms with Crippen LogP contribution < -0.4 is 15.4 Å². The molecule has 1 saturated heterocycles. The van der Waals surface area contributed by atoms with Gasteiger partial charge >= 0.3 is 6.03 Å². The number of methoxy groups -OCH3 is 1.